The summed E-state index contributed by atoms with van der Waals surface area (Å²) < 4.78 is 18.0. The highest BCUT2D eigenvalue weighted by atomic mass is 19.1. The number of halogens is 1. The molecule has 6 heteroatoms. The second-order valence-electron chi connectivity index (χ2n) is 6.20. The van der Waals surface area contributed by atoms with E-state index >= 15 is 0 Å². The van der Waals surface area contributed by atoms with Gasteiger partial charge < -0.3 is 14.5 Å². The third kappa shape index (κ3) is 5.41. The molecule has 0 unspecified atom stereocenters. The normalized spacial score (nSPS) is 14.4. The lowest BCUT2D eigenvalue weighted by molar-refractivity contribution is -0.148. The van der Waals surface area contributed by atoms with Crippen LogP contribution in [0.5, 0.6) is 0 Å². The van der Waals surface area contributed by atoms with Gasteiger partial charge in [0.25, 0.3) is 5.91 Å². The second-order valence-corrected chi connectivity index (χ2v) is 6.20. The lowest BCUT2D eigenvalue weighted by atomic mass is 10.2. The number of piperazine rings is 1. The standard InChI is InChI=1S/C21H21FN2O3/c22-18-7-9-19(10-8-18)23-12-14-24(15-13-23)20(25)16-27-21(26)11-6-17-4-2-1-3-5-17/h1-11H,12-16H2/b11-6+. The lowest BCUT2D eigenvalue weighted by Gasteiger charge is -2.36. The van der Waals surface area contributed by atoms with Gasteiger partial charge in [-0.3, -0.25) is 4.79 Å². The van der Waals surface area contributed by atoms with E-state index < -0.39 is 5.97 Å². The van der Waals surface area contributed by atoms with Gasteiger partial charge in [-0.25, -0.2) is 9.18 Å². The Labute approximate surface area is 157 Å². The predicted octanol–water partition coefficient (Wildman–Crippen LogP) is 2.73. The summed E-state index contributed by atoms with van der Waals surface area (Å²) in [7, 11) is 0. The lowest BCUT2D eigenvalue weighted by Crippen LogP contribution is -2.49. The second kappa shape index (κ2) is 8.98. The van der Waals surface area contributed by atoms with Crippen molar-refractivity contribution in [1.29, 1.82) is 0 Å². The minimum Gasteiger partial charge on any atom is -0.452 e. The van der Waals surface area contributed by atoms with Crippen LogP contribution in [0.3, 0.4) is 0 Å². The number of amides is 1. The summed E-state index contributed by atoms with van der Waals surface area (Å²) in [6, 6.07) is 15.7. The summed E-state index contributed by atoms with van der Waals surface area (Å²) in [6.45, 7) is 2.11. The van der Waals surface area contributed by atoms with Crippen LogP contribution in [-0.2, 0) is 14.3 Å². The molecule has 1 aliphatic rings. The van der Waals surface area contributed by atoms with Crippen molar-refractivity contribution < 1.29 is 18.7 Å². The molecule has 1 fully saturated rings. The van der Waals surface area contributed by atoms with Crippen LogP contribution in [0.15, 0.2) is 60.7 Å². The van der Waals surface area contributed by atoms with Gasteiger partial charge in [0.1, 0.15) is 5.82 Å². The third-order valence-electron chi connectivity index (χ3n) is 4.37. The van der Waals surface area contributed by atoms with E-state index in [1.54, 1.807) is 23.1 Å². The van der Waals surface area contributed by atoms with Gasteiger partial charge in [0.2, 0.25) is 0 Å². The molecule has 1 heterocycles. The first-order chi connectivity index (χ1) is 13.1. The SMILES string of the molecule is O=C(/C=C/c1ccccc1)OCC(=O)N1CCN(c2ccc(F)cc2)CC1. The number of carbonyl (C=O) groups excluding carboxylic acids is 2. The Hall–Kier alpha value is -3.15. The van der Waals surface area contributed by atoms with Gasteiger partial charge in [0.15, 0.2) is 6.61 Å². The number of anilines is 1. The van der Waals surface area contributed by atoms with Gasteiger partial charge in [-0.2, -0.15) is 0 Å². The summed E-state index contributed by atoms with van der Waals surface area (Å²) in [4.78, 5) is 27.7. The number of esters is 1. The molecule has 0 radical (unpaired) electrons. The van der Waals surface area contributed by atoms with Crippen molar-refractivity contribution in [2.75, 3.05) is 37.7 Å². The molecule has 2 aromatic carbocycles. The van der Waals surface area contributed by atoms with Gasteiger partial charge >= 0.3 is 5.97 Å². The summed E-state index contributed by atoms with van der Waals surface area (Å²) in [5, 5.41) is 0. The molecular weight excluding hydrogens is 347 g/mol. The maximum atomic E-state index is 13.0. The zero-order valence-corrected chi connectivity index (χ0v) is 14.9. The Kier molecular flexibility index (Phi) is 6.20. The monoisotopic (exact) mass is 368 g/mol. The fourth-order valence-electron chi connectivity index (χ4n) is 2.87. The molecule has 0 bridgehead atoms. The van der Waals surface area contributed by atoms with Gasteiger partial charge in [0, 0.05) is 37.9 Å². The topological polar surface area (TPSA) is 49.9 Å². The van der Waals surface area contributed by atoms with Crippen LogP contribution >= 0.6 is 0 Å². The number of nitrogens with zero attached hydrogens (tertiary/aromatic N) is 2. The van der Waals surface area contributed by atoms with Crippen LogP contribution in [0.4, 0.5) is 10.1 Å². The highest BCUT2D eigenvalue weighted by Gasteiger charge is 2.22. The number of rotatable bonds is 5. The van der Waals surface area contributed by atoms with E-state index in [0.717, 1.165) is 11.3 Å². The van der Waals surface area contributed by atoms with E-state index in [2.05, 4.69) is 4.90 Å². The smallest absolute Gasteiger partial charge is 0.331 e. The van der Waals surface area contributed by atoms with Crippen molar-refractivity contribution in [2.45, 2.75) is 0 Å². The minimum atomic E-state index is -0.544. The molecule has 27 heavy (non-hydrogen) atoms. The first-order valence-corrected chi connectivity index (χ1v) is 8.80. The first kappa shape index (κ1) is 18.6. The van der Waals surface area contributed by atoms with E-state index in [1.807, 2.05) is 30.3 Å². The zero-order chi connectivity index (χ0) is 19.1. The summed E-state index contributed by atoms with van der Waals surface area (Å²) in [5.74, 6) is -1.02. The summed E-state index contributed by atoms with van der Waals surface area (Å²) in [5.41, 5.74) is 1.82. The van der Waals surface area contributed by atoms with Crippen molar-refractivity contribution in [1.82, 2.24) is 4.90 Å². The largest absolute Gasteiger partial charge is 0.452 e. The van der Waals surface area contributed by atoms with Crippen LogP contribution in [-0.4, -0.2) is 49.6 Å². The van der Waals surface area contributed by atoms with Gasteiger partial charge in [-0.1, -0.05) is 30.3 Å². The number of hydrogen-bond acceptors (Lipinski definition) is 4. The molecule has 0 N–H and O–H groups in total. The Bertz CT molecular complexity index is 798. The van der Waals surface area contributed by atoms with Crippen LogP contribution in [0.2, 0.25) is 0 Å². The van der Waals surface area contributed by atoms with Gasteiger partial charge in [-0.15, -0.1) is 0 Å². The summed E-state index contributed by atoms with van der Waals surface area (Å²) >= 11 is 0. The van der Waals surface area contributed by atoms with E-state index in [0.29, 0.717) is 26.2 Å². The van der Waals surface area contributed by atoms with Crippen molar-refractivity contribution in [3.8, 4) is 0 Å². The molecule has 3 rings (SSSR count). The quantitative estimate of drug-likeness (QED) is 0.602. The van der Waals surface area contributed by atoms with E-state index in [1.165, 1.54) is 18.2 Å². The average molecular weight is 368 g/mol. The first-order valence-electron chi connectivity index (χ1n) is 8.80. The number of carbonyl (C=O) groups is 2. The number of ether oxygens (including phenoxy) is 1. The molecule has 5 nitrogen and oxygen atoms in total. The Balaban J connectivity index is 1.42. The fraction of sp³-hybridized carbons (Fsp3) is 0.238. The molecule has 0 saturated carbocycles. The highest BCUT2D eigenvalue weighted by molar-refractivity contribution is 5.89. The number of benzene rings is 2. The molecule has 1 saturated heterocycles. The van der Waals surface area contributed by atoms with Crippen molar-refractivity contribution in [3.05, 3.63) is 72.1 Å². The Morgan fingerprint density at radius 1 is 0.963 bits per heavy atom. The molecule has 1 amide bonds. The molecule has 140 valence electrons. The number of hydrogen-bond donors (Lipinski definition) is 0. The summed E-state index contributed by atoms with van der Waals surface area (Å²) in [6.07, 6.45) is 2.96. The zero-order valence-electron chi connectivity index (χ0n) is 14.9. The molecule has 0 aromatic heterocycles. The van der Waals surface area contributed by atoms with E-state index in [-0.39, 0.29) is 18.3 Å². The van der Waals surface area contributed by atoms with Crippen molar-refractivity contribution in [3.63, 3.8) is 0 Å². The van der Waals surface area contributed by atoms with Crippen LogP contribution in [0, 0.1) is 5.82 Å². The molecule has 0 aliphatic carbocycles. The average Bonchev–Trinajstić information content (AvgIpc) is 2.72. The fourth-order valence-corrected chi connectivity index (χ4v) is 2.87. The molecule has 0 atom stereocenters. The minimum absolute atomic E-state index is 0.213. The molecule has 2 aromatic rings. The third-order valence-corrected chi connectivity index (χ3v) is 4.37. The van der Waals surface area contributed by atoms with Crippen LogP contribution in [0.25, 0.3) is 6.08 Å². The Morgan fingerprint density at radius 2 is 1.63 bits per heavy atom. The van der Waals surface area contributed by atoms with Crippen LogP contribution < -0.4 is 4.90 Å². The Morgan fingerprint density at radius 3 is 2.30 bits per heavy atom. The van der Waals surface area contributed by atoms with Gasteiger partial charge in [-0.05, 0) is 35.9 Å². The van der Waals surface area contributed by atoms with E-state index in [4.69, 9.17) is 4.74 Å². The maximum Gasteiger partial charge on any atom is 0.331 e. The van der Waals surface area contributed by atoms with Gasteiger partial charge in [0.05, 0.1) is 0 Å². The predicted molar refractivity (Wildman–Crippen MR) is 102 cm³/mol. The molecule has 0 spiro atoms. The maximum absolute atomic E-state index is 13.0. The molecular formula is C21H21FN2O3. The van der Waals surface area contributed by atoms with Crippen molar-refractivity contribution >= 4 is 23.6 Å². The molecule has 1 aliphatic heterocycles. The van der Waals surface area contributed by atoms with Crippen molar-refractivity contribution in [2.24, 2.45) is 0 Å². The highest BCUT2D eigenvalue weighted by Crippen LogP contribution is 2.17. The van der Waals surface area contributed by atoms with E-state index in [9.17, 15) is 14.0 Å². The van der Waals surface area contributed by atoms with Crippen LogP contribution in [0.1, 0.15) is 5.56 Å².